The first-order valence-electron chi connectivity index (χ1n) is 23.2. The lowest BCUT2D eigenvalue weighted by atomic mass is 9.97. The molecule has 0 aliphatic heterocycles. The molecule has 0 aliphatic carbocycles. The number of hydrogen-bond acceptors (Lipinski definition) is 6. The molecule has 6 heteroatoms. The molecular weight excluding hydrogens is 847 g/mol. The molecule has 0 atom stereocenters. The van der Waals surface area contributed by atoms with Gasteiger partial charge in [-0.15, -0.1) is 0 Å². The predicted molar refractivity (Wildman–Crippen MR) is 283 cm³/mol. The molecule has 16 aromatic rings. The normalized spacial score (nSPS) is 12.3. The Morgan fingerprint density at radius 2 is 0.478 bits per heavy atom. The van der Waals surface area contributed by atoms with Crippen molar-refractivity contribution in [3.63, 3.8) is 0 Å². The molecule has 0 N–H and O–H groups in total. The molecule has 0 amide bonds. The number of nitrogens with zero attached hydrogens (tertiary/aromatic N) is 3. The minimum absolute atomic E-state index is 0.473. The Hall–Kier alpha value is -9.39. The summed E-state index contributed by atoms with van der Waals surface area (Å²) in [7, 11) is 0. The highest BCUT2D eigenvalue weighted by Gasteiger charge is 2.26. The van der Waals surface area contributed by atoms with Gasteiger partial charge in [0.05, 0.1) is 16.7 Å². The summed E-state index contributed by atoms with van der Waals surface area (Å²) in [6, 6.07) is 70.3. The standard InChI is InChI=1S/C63H33N3O3/c1-4-16-37-31-52-46(25-34(37)13-1)55-43-22-10-7-19-40(43)28-49(58(55)67-52)61-64-62(50-29-41-20-8-11-23-44(41)56-47-26-35-14-2-5-17-38(35)32-53(47)68-59(50)56)66-63(65-61)51-30-42-21-9-12-24-45(42)57-48-27-36-15-3-6-18-39(36)33-54(48)69-60(51)57/h1-33H. The third kappa shape index (κ3) is 5.28. The molecule has 0 aliphatic rings. The number of hydrogen-bond donors (Lipinski definition) is 0. The average Bonchev–Trinajstić information content (AvgIpc) is 4.09. The van der Waals surface area contributed by atoms with E-state index in [1.165, 1.54) is 0 Å². The fraction of sp³-hybridized carbons (Fsp3) is 0. The van der Waals surface area contributed by atoms with Crippen LogP contribution in [0.5, 0.6) is 0 Å². The van der Waals surface area contributed by atoms with Crippen molar-refractivity contribution in [3.05, 3.63) is 200 Å². The van der Waals surface area contributed by atoms with Crippen LogP contribution >= 0.6 is 0 Å². The fourth-order valence-corrected chi connectivity index (χ4v) is 11.2. The molecule has 0 unspecified atom stereocenters. The molecule has 12 aromatic carbocycles. The third-order valence-corrected chi connectivity index (χ3v) is 14.4. The largest absolute Gasteiger partial charge is 0.455 e. The van der Waals surface area contributed by atoms with Crippen LogP contribution in [0, 0.1) is 0 Å². The van der Waals surface area contributed by atoms with E-state index in [4.69, 9.17) is 28.2 Å². The zero-order chi connectivity index (χ0) is 44.9. The van der Waals surface area contributed by atoms with Crippen molar-refractivity contribution in [2.75, 3.05) is 0 Å². The minimum atomic E-state index is 0.473. The summed E-state index contributed by atoms with van der Waals surface area (Å²) in [6.07, 6.45) is 0. The molecule has 0 saturated heterocycles. The molecule has 0 fully saturated rings. The van der Waals surface area contributed by atoms with Gasteiger partial charge in [0.25, 0.3) is 0 Å². The molecule has 6 nitrogen and oxygen atoms in total. The van der Waals surface area contributed by atoms with Crippen LogP contribution in [-0.4, -0.2) is 15.0 Å². The highest BCUT2D eigenvalue weighted by Crippen LogP contribution is 2.47. The first kappa shape index (κ1) is 36.8. The zero-order valence-electron chi connectivity index (χ0n) is 36.6. The molecular formula is C63H33N3O3. The molecule has 4 aromatic heterocycles. The maximum absolute atomic E-state index is 7.02. The highest BCUT2D eigenvalue weighted by atomic mass is 16.3. The summed E-state index contributed by atoms with van der Waals surface area (Å²) in [5.74, 6) is 1.42. The molecule has 0 spiro atoms. The lowest BCUT2D eigenvalue weighted by Gasteiger charge is -2.12. The summed E-state index contributed by atoms with van der Waals surface area (Å²) >= 11 is 0. The van der Waals surface area contributed by atoms with Gasteiger partial charge in [-0.05, 0) is 119 Å². The second-order valence-corrected chi connectivity index (χ2v) is 18.2. The lowest BCUT2D eigenvalue weighted by Crippen LogP contribution is -2.01. The van der Waals surface area contributed by atoms with E-state index < -0.39 is 0 Å². The van der Waals surface area contributed by atoms with Crippen molar-refractivity contribution in [1.82, 2.24) is 15.0 Å². The monoisotopic (exact) mass is 879 g/mol. The minimum Gasteiger partial charge on any atom is -0.455 e. The topological polar surface area (TPSA) is 78.1 Å². The summed E-state index contributed by atoms with van der Waals surface area (Å²) in [4.78, 5) is 16.5. The van der Waals surface area contributed by atoms with Crippen molar-refractivity contribution in [2.45, 2.75) is 0 Å². The van der Waals surface area contributed by atoms with Crippen LogP contribution in [-0.2, 0) is 0 Å². The van der Waals surface area contributed by atoms with E-state index in [2.05, 4.69) is 200 Å². The number of benzene rings is 12. The third-order valence-electron chi connectivity index (χ3n) is 14.4. The molecule has 318 valence electrons. The zero-order valence-corrected chi connectivity index (χ0v) is 36.6. The Balaban J connectivity index is 1.06. The highest BCUT2D eigenvalue weighted by molar-refractivity contribution is 6.27. The molecule has 0 bridgehead atoms. The van der Waals surface area contributed by atoms with Gasteiger partial charge in [-0.3, -0.25) is 0 Å². The van der Waals surface area contributed by atoms with Gasteiger partial charge >= 0.3 is 0 Å². The molecule has 4 heterocycles. The Morgan fingerprint density at radius 1 is 0.232 bits per heavy atom. The van der Waals surface area contributed by atoms with Crippen molar-refractivity contribution >= 4 is 130 Å². The second-order valence-electron chi connectivity index (χ2n) is 18.2. The first-order chi connectivity index (χ1) is 34.1. The Labute approximate surface area is 391 Å². The smallest absolute Gasteiger partial charge is 0.167 e. The van der Waals surface area contributed by atoms with E-state index in [0.29, 0.717) is 34.2 Å². The molecule has 69 heavy (non-hydrogen) atoms. The Kier molecular flexibility index (Phi) is 7.25. The van der Waals surface area contributed by atoms with Crippen LogP contribution in [0.15, 0.2) is 213 Å². The number of rotatable bonds is 3. The molecule has 0 saturated carbocycles. The van der Waals surface area contributed by atoms with Crippen LogP contribution < -0.4 is 0 Å². The predicted octanol–water partition coefficient (Wildman–Crippen LogP) is 17.5. The Bertz CT molecular complexity index is 4420. The van der Waals surface area contributed by atoms with E-state index >= 15 is 0 Å². The van der Waals surface area contributed by atoms with E-state index in [9.17, 15) is 0 Å². The van der Waals surface area contributed by atoms with E-state index in [1.54, 1.807) is 0 Å². The van der Waals surface area contributed by atoms with Crippen LogP contribution in [0.3, 0.4) is 0 Å². The van der Waals surface area contributed by atoms with Gasteiger partial charge in [0, 0.05) is 32.3 Å². The van der Waals surface area contributed by atoms with Gasteiger partial charge < -0.3 is 13.3 Å². The fourth-order valence-electron chi connectivity index (χ4n) is 11.2. The average molecular weight is 880 g/mol. The molecule has 16 rings (SSSR count). The van der Waals surface area contributed by atoms with Crippen LogP contribution in [0.1, 0.15) is 0 Å². The lowest BCUT2D eigenvalue weighted by molar-refractivity contribution is 0.670. The van der Waals surface area contributed by atoms with Crippen molar-refractivity contribution in [2.24, 2.45) is 0 Å². The van der Waals surface area contributed by atoms with Crippen LogP contribution in [0.25, 0.3) is 165 Å². The SMILES string of the molecule is c1ccc2cc3c(cc2c1)oc1c(-c2nc(-c4cc5ccccc5c5c4oc4cc6ccccc6cc45)nc(-c4cc5ccccc5c5c4oc4cc6ccccc6cc45)n2)cc2ccccc2c13. The van der Waals surface area contributed by atoms with Gasteiger partial charge in [0.2, 0.25) is 0 Å². The van der Waals surface area contributed by atoms with Gasteiger partial charge in [-0.2, -0.15) is 0 Å². The first-order valence-corrected chi connectivity index (χ1v) is 23.2. The van der Waals surface area contributed by atoms with Crippen LogP contribution in [0.2, 0.25) is 0 Å². The van der Waals surface area contributed by atoms with E-state index in [1.807, 2.05) is 0 Å². The second kappa shape index (κ2) is 13.6. The quantitative estimate of drug-likeness (QED) is 0.176. The van der Waals surface area contributed by atoms with Crippen molar-refractivity contribution < 1.29 is 13.3 Å². The van der Waals surface area contributed by atoms with E-state index in [-0.39, 0.29) is 0 Å². The number of furan rings is 3. The number of fused-ring (bicyclic) bond motifs is 18. The molecule has 0 radical (unpaired) electrons. The Morgan fingerprint density at radius 3 is 0.768 bits per heavy atom. The summed E-state index contributed by atoms with van der Waals surface area (Å²) in [5, 5.41) is 19.3. The maximum Gasteiger partial charge on any atom is 0.167 e. The van der Waals surface area contributed by atoms with Gasteiger partial charge in [-0.1, -0.05) is 146 Å². The van der Waals surface area contributed by atoms with Gasteiger partial charge in [0.15, 0.2) is 17.5 Å². The maximum atomic E-state index is 7.02. The van der Waals surface area contributed by atoms with Gasteiger partial charge in [-0.25, -0.2) is 15.0 Å². The van der Waals surface area contributed by atoms with Crippen LogP contribution in [0.4, 0.5) is 0 Å². The van der Waals surface area contributed by atoms with Gasteiger partial charge in [0.1, 0.15) is 33.5 Å². The number of aromatic nitrogens is 3. The summed E-state index contributed by atoms with van der Waals surface area (Å²) in [5.41, 5.74) is 6.80. The summed E-state index contributed by atoms with van der Waals surface area (Å²) in [6.45, 7) is 0. The summed E-state index contributed by atoms with van der Waals surface area (Å²) < 4.78 is 21.1. The van der Waals surface area contributed by atoms with E-state index in [0.717, 1.165) is 130 Å². The van der Waals surface area contributed by atoms with Crippen molar-refractivity contribution in [3.8, 4) is 34.2 Å². The van der Waals surface area contributed by atoms with Crippen molar-refractivity contribution in [1.29, 1.82) is 0 Å².